The zero-order valence-corrected chi connectivity index (χ0v) is 24.6. The van der Waals surface area contributed by atoms with Crippen LogP contribution in [0, 0.1) is 0 Å². The van der Waals surface area contributed by atoms with E-state index >= 15 is 0 Å². The lowest BCUT2D eigenvalue weighted by atomic mass is 9.87. The van der Waals surface area contributed by atoms with E-state index in [4.69, 9.17) is 11.6 Å². The number of carbonyl (C=O) groups is 2. The SMILES string of the molecule is CC(C(=O)NC1CCCCC1)N(Cc1ccc(Cl)cc1)C(=O)CN(c1ccc(C(C)(C)C)cc1)S(C)(=O)=O. The molecule has 0 saturated heterocycles. The van der Waals surface area contributed by atoms with Gasteiger partial charge in [-0.2, -0.15) is 0 Å². The molecule has 1 unspecified atom stereocenters. The molecule has 0 radical (unpaired) electrons. The van der Waals surface area contributed by atoms with Crippen molar-refractivity contribution >= 4 is 39.1 Å². The van der Waals surface area contributed by atoms with Gasteiger partial charge < -0.3 is 10.2 Å². The molecule has 2 aromatic carbocycles. The molecule has 0 heterocycles. The van der Waals surface area contributed by atoms with Gasteiger partial charge in [0.2, 0.25) is 21.8 Å². The maximum absolute atomic E-state index is 13.7. The topological polar surface area (TPSA) is 86.8 Å². The number of sulfonamides is 1. The van der Waals surface area contributed by atoms with Crippen molar-refractivity contribution in [2.24, 2.45) is 0 Å². The highest BCUT2D eigenvalue weighted by Gasteiger charge is 2.31. The third-order valence-electron chi connectivity index (χ3n) is 7.09. The Morgan fingerprint density at radius 3 is 2.11 bits per heavy atom. The van der Waals surface area contributed by atoms with Gasteiger partial charge in [0, 0.05) is 17.6 Å². The lowest BCUT2D eigenvalue weighted by Crippen LogP contribution is -2.52. The Morgan fingerprint density at radius 2 is 1.58 bits per heavy atom. The van der Waals surface area contributed by atoms with Crippen molar-refractivity contribution in [3.05, 3.63) is 64.7 Å². The first kappa shape index (κ1) is 30.0. The van der Waals surface area contributed by atoms with Crippen molar-refractivity contribution in [1.29, 1.82) is 0 Å². The van der Waals surface area contributed by atoms with Gasteiger partial charge in [0.15, 0.2) is 0 Å². The molecule has 1 atom stereocenters. The van der Waals surface area contributed by atoms with Gasteiger partial charge in [0.1, 0.15) is 12.6 Å². The van der Waals surface area contributed by atoms with Crippen molar-refractivity contribution in [3.63, 3.8) is 0 Å². The van der Waals surface area contributed by atoms with Gasteiger partial charge in [-0.15, -0.1) is 0 Å². The molecule has 1 aliphatic rings. The van der Waals surface area contributed by atoms with Crippen LogP contribution in [0.3, 0.4) is 0 Å². The van der Waals surface area contributed by atoms with Gasteiger partial charge in [0.25, 0.3) is 0 Å². The van der Waals surface area contributed by atoms with Gasteiger partial charge in [-0.05, 0) is 60.6 Å². The number of anilines is 1. The molecule has 1 saturated carbocycles. The van der Waals surface area contributed by atoms with Crippen LogP contribution in [0.5, 0.6) is 0 Å². The Hall–Kier alpha value is -2.58. The Kier molecular flexibility index (Phi) is 9.87. The van der Waals surface area contributed by atoms with Crippen molar-refractivity contribution in [3.8, 4) is 0 Å². The number of carbonyl (C=O) groups excluding carboxylic acids is 2. The Bertz CT molecular complexity index is 1200. The first-order valence-electron chi connectivity index (χ1n) is 13.2. The summed E-state index contributed by atoms with van der Waals surface area (Å²) in [4.78, 5) is 28.4. The zero-order valence-electron chi connectivity index (χ0n) is 23.0. The van der Waals surface area contributed by atoms with Crippen molar-refractivity contribution < 1.29 is 18.0 Å². The van der Waals surface area contributed by atoms with Crippen molar-refractivity contribution in [2.45, 2.75) is 83.8 Å². The summed E-state index contributed by atoms with van der Waals surface area (Å²) in [6, 6.07) is 13.6. The third kappa shape index (κ3) is 8.21. The molecule has 2 amide bonds. The fourth-order valence-corrected chi connectivity index (χ4v) is 5.65. The lowest BCUT2D eigenvalue weighted by Gasteiger charge is -2.33. The summed E-state index contributed by atoms with van der Waals surface area (Å²) in [5, 5.41) is 3.66. The zero-order chi connectivity index (χ0) is 28.1. The highest BCUT2D eigenvalue weighted by molar-refractivity contribution is 7.92. The second-order valence-corrected chi connectivity index (χ2v) is 13.6. The Morgan fingerprint density at radius 1 is 1.00 bits per heavy atom. The minimum absolute atomic E-state index is 0.0965. The van der Waals surface area contributed by atoms with E-state index in [2.05, 4.69) is 26.1 Å². The highest BCUT2D eigenvalue weighted by Crippen LogP contribution is 2.26. The number of amides is 2. The molecule has 1 fully saturated rings. The fourth-order valence-electron chi connectivity index (χ4n) is 4.68. The molecular weight excluding hydrogens is 522 g/mol. The van der Waals surface area contributed by atoms with Crippen LogP contribution in [-0.4, -0.2) is 50.0 Å². The van der Waals surface area contributed by atoms with Crippen LogP contribution in [0.15, 0.2) is 48.5 Å². The van der Waals surface area contributed by atoms with Gasteiger partial charge in [-0.1, -0.05) is 75.9 Å². The first-order chi connectivity index (χ1) is 17.8. The monoisotopic (exact) mass is 561 g/mol. The maximum atomic E-state index is 13.7. The maximum Gasteiger partial charge on any atom is 0.244 e. The molecule has 0 bridgehead atoms. The van der Waals surface area contributed by atoms with Crippen LogP contribution in [-0.2, 0) is 31.6 Å². The van der Waals surface area contributed by atoms with E-state index in [0.29, 0.717) is 10.7 Å². The van der Waals surface area contributed by atoms with Crippen molar-refractivity contribution in [1.82, 2.24) is 10.2 Å². The summed E-state index contributed by atoms with van der Waals surface area (Å²) in [7, 11) is -3.77. The van der Waals surface area contributed by atoms with E-state index in [0.717, 1.165) is 47.4 Å². The van der Waals surface area contributed by atoms with Crippen LogP contribution in [0.1, 0.15) is 70.9 Å². The minimum Gasteiger partial charge on any atom is -0.352 e. The van der Waals surface area contributed by atoms with E-state index < -0.39 is 28.5 Å². The molecular formula is C29H40ClN3O4S. The van der Waals surface area contributed by atoms with Gasteiger partial charge in [-0.25, -0.2) is 8.42 Å². The second kappa shape index (κ2) is 12.5. The number of hydrogen-bond acceptors (Lipinski definition) is 4. The van der Waals surface area contributed by atoms with Crippen molar-refractivity contribution in [2.75, 3.05) is 17.1 Å². The second-order valence-electron chi connectivity index (χ2n) is 11.2. The molecule has 0 aromatic heterocycles. The number of nitrogens with zero attached hydrogens (tertiary/aromatic N) is 2. The van der Waals surface area contributed by atoms with Gasteiger partial charge >= 0.3 is 0 Å². The van der Waals surface area contributed by atoms with Gasteiger partial charge in [0.05, 0.1) is 11.9 Å². The number of rotatable bonds is 9. The molecule has 1 aliphatic carbocycles. The largest absolute Gasteiger partial charge is 0.352 e. The summed E-state index contributed by atoms with van der Waals surface area (Å²) >= 11 is 6.04. The predicted octanol–water partition coefficient (Wildman–Crippen LogP) is 5.27. The molecule has 1 N–H and O–H groups in total. The lowest BCUT2D eigenvalue weighted by molar-refractivity contribution is -0.139. The fraction of sp³-hybridized carbons (Fsp3) is 0.517. The number of benzene rings is 2. The first-order valence-corrected chi connectivity index (χ1v) is 15.4. The standard InChI is InChI=1S/C29H40ClN3O4S/c1-21(28(35)31-25-9-7-6-8-10-25)32(19-22-11-15-24(30)16-12-22)27(34)20-33(38(5,36)37)26-17-13-23(14-18-26)29(2,3)4/h11-18,21,25H,6-10,19-20H2,1-5H3,(H,31,35). The predicted molar refractivity (Wildman–Crippen MR) is 154 cm³/mol. The molecule has 0 aliphatic heterocycles. The van der Waals surface area contributed by atoms with Crippen LogP contribution in [0.4, 0.5) is 5.69 Å². The highest BCUT2D eigenvalue weighted by atomic mass is 35.5. The molecule has 3 rings (SSSR count). The number of nitrogens with one attached hydrogen (secondary N) is 1. The van der Waals surface area contributed by atoms with Crippen LogP contribution in [0.25, 0.3) is 0 Å². The normalized spacial score (nSPS) is 15.5. The summed E-state index contributed by atoms with van der Waals surface area (Å²) < 4.78 is 26.7. The molecule has 0 spiro atoms. The molecule has 208 valence electrons. The molecule has 9 heteroatoms. The van der Waals surface area contributed by atoms with Crippen LogP contribution < -0.4 is 9.62 Å². The minimum atomic E-state index is -3.77. The van der Waals surface area contributed by atoms with E-state index in [-0.39, 0.29) is 23.9 Å². The summed E-state index contributed by atoms with van der Waals surface area (Å²) in [5.41, 5.74) is 2.15. The third-order valence-corrected chi connectivity index (χ3v) is 8.48. The summed E-state index contributed by atoms with van der Waals surface area (Å²) in [6.07, 6.45) is 6.25. The van der Waals surface area contributed by atoms with Gasteiger partial charge in [-0.3, -0.25) is 13.9 Å². The summed E-state index contributed by atoms with van der Waals surface area (Å²) in [6.45, 7) is 7.66. The molecule has 2 aromatic rings. The summed E-state index contributed by atoms with van der Waals surface area (Å²) in [5.74, 6) is -0.698. The molecule has 38 heavy (non-hydrogen) atoms. The number of hydrogen-bond donors (Lipinski definition) is 1. The average molecular weight is 562 g/mol. The Balaban J connectivity index is 1.87. The van der Waals surface area contributed by atoms with E-state index in [1.54, 1.807) is 43.3 Å². The smallest absolute Gasteiger partial charge is 0.244 e. The van der Waals surface area contributed by atoms with E-state index in [1.165, 1.54) is 11.3 Å². The number of halogens is 1. The molecule has 7 nitrogen and oxygen atoms in total. The van der Waals surface area contributed by atoms with E-state index in [1.807, 2.05) is 12.1 Å². The van der Waals surface area contributed by atoms with Crippen LogP contribution in [0.2, 0.25) is 5.02 Å². The quantitative estimate of drug-likeness (QED) is 0.452. The van der Waals surface area contributed by atoms with Crippen LogP contribution >= 0.6 is 11.6 Å². The Labute approximate surface area is 232 Å². The average Bonchev–Trinajstić information content (AvgIpc) is 2.86. The van der Waals surface area contributed by atoms with E-state index in [9.17, 15) is 18.0 Å².